The molecule has 17 heavy (non-hydrogen) atoms. The molecule has 1 unspecified atom stereocenters. The van der Waals surface area contributed by atoms with Crippen LogP contribution in [-0.4, -0.2) is 6.04 Å². The maximum Gasteiger partial charge on any atom is 0.0253 e. The summed E-state index contributed by atoms with van der Waals surface area (Å²) in [6.07, 6.45) is 7.88. The van der Waals surface area contributed by atoms with E-state index >= 15 is 0 Å². The normalized spacial score (nSPS) is 18.5. The molecule has 1 aliphatic rings. The fourth-order valence-electron chi connectivity index (χ4n) is 2.87. The first-order valence-corrected chi connectivity index (χ1v) is 6.79. The van der Waals surface area contributed by atoms with Gasteiger partial charge in [-0.2, -0.15) is 0 Å². The molecule has 1 aromatic carbocycles. The highest BCUT2D eigenvalue weighted by atomic mass is 15.2. The van der Waals surface area contributed by atoms with Gasteiger partial charge >= 0.3 is 0 Å². The van der Waals surface area contributed by atoms with Gasteiger partial charge in [0, 0.05) is 6.04 Å². The van der Waals surface area contributed by atoms with E-state index in [9.17, 15) is 0 Å². The number of rotatable bonds is 5. The number of aryl methyl sites for hydroxylation is 1. The van der Waals surface area contributed by atoms with Crippen LogP contribution in [0.1, 0.15) is 43.2 Å². The van der Waals surface area contributed by atoms with Gasteiger partial charge < -0.3 is 0 Å². The van der Waals surface area contributed by atoms with Crippen LogP contribution in [-0.2, 0) is 6.42 Å². The van der Waals surface area contributed by atoms with Gasteiger partial charge in [-0.3, -0.25) is 11.3 Å². The van der Waals surface area contributed by atoms with E-state index in [0.717, 1.165) is 12.3 Å². The molecule has 2 heteroatoms. The third-order valence-corrected chi connectivity index (χ3v) is 3.93. The zero-order chi connectivity index (χ0) is 12.1. The van der Waals surface area contributed by atoms with E-state index in [1.54, 1.807) is 0 Å². The molecule has 0 aromatic heterocycles. The molecule has 2 nitrogen and oxygen atoms in total. The van der Waals surface area contributed by atoms with Crippen LogP contribution in [0.3, 0.4) is 0 Å². The van der Waals surface area contributed by atoms with E-state index in [1.807, 2.05) is 0 Å². The summed E-state index contributed by atoms with van der Waals surface area (Å²) in [7, 11) is 0. The highest BCUT2D eigenvalue weighted by Crippen LogP contribution is 2.29. The largest absolute Gasteiger partial charge is 0.271 e. The van der Waals surface area contributed by atoms with E-state index in [-0.39, 0.29) is 0 Å². The molecule has 1 saturated carbocycles. The molecule has 0 amide bonds. The molecule has 3 N–H and O–H groups in total. The van der Waals surface area contributed by atoms with E-state index in [4.69, 9.17) is 5.84 Å². The molecule has 1 atom stereocenters. The van der Waals surface area contributed by atoms with Gasteiger partial charge in [-0.1, -0.05) is 55.5 Å². The van der Waals surface area contributed by atoms with Gasteiger partial charge in [0.2, 0.25) is 0 Å². The second kappa shape index (κ2) is 6.18. The van der Waals surface area contributed by atoms with Crippen molar-refractivity contribution in [1.29, 1.82) is 0 Å². The first-order valence-electron chi connectivity index (χ1n) is 6.79. The fourth-order valence-corrected chi connectivity index (χ4v) is 2.87. The average molecular weight is 232 g/mol. The molecule has 0 spiro atoms. The van der Waals surface area contributed by atoms with Gasteiger partial charge in [0.05, 0.1) is 0 Å². The van der Waals surface area contributed by atoms with Crippen molar-refractivity contribution in [2.45, 2.75) is 51.5 Å². The Labute approximate surface area is 105 Å². The molecule has 94 valence electrons. The Balaban J connectivity index is 1.87. The van der Waals surface area contributed by atoms with Crippen molar-refractivity contribution in [1.82, 2.24) is 5.43 Å². The van der Waals surface area contributed by atoms with E-state index < -0.39 is 0 Å². The first-order chi connectivity index (χ1) is 8.28. The minimum Gasteiger partial charge on any atom is -0.271 e. The van der Waals surface area contributed by atoms with Gasteiger partial charge in [-0.25, -0.2) is 0 Å². The molecule has 1 fully saturated rings. The lowest BCUT2D eigenvalue weighted by Gasteiger charge is -2.19. The maximum atomic E-state index is 5.68. The van der Waals surface area contributed by atoms with Crippen molar-refractivity contribution in [2.75, 3.05) is 0 Å². The summed E-state index contributed by atoms with van der Waals surface area (Å²) in [6.45, 7) is 2.13. The summed E-state index contributed by atoms with van der Waals surface area (Å²) < 4.78 is 0. The lowest BCUT2D eigenvalue weighted by molar-refractivity contribution is 0.389. The second-order valence-electron chi connectivity index (χ2n) is 5.44. The van der Waals surface area contributed by atoms with E-state index in [1.165, 1.54) is 43.2 Å². The van der Waals surface area contributed by atoms with Crippen LogP contribution in [0.4, 0.5) is 0 Å². The highest BCUT2D eigenvalue weighted by molar-refractivity contribution is 5.22. The van der Waals surface area contributed by atoms with Crippen LogP contribution >= 0.6 is 0 Å². The van der Waals surface area contributed by atoms with Crippen LogP contribution < -0.4 is 11.3 Å². The van der Waals surface area contributed by atoms with Gasteiger partial charge in [0.1, 0.15) is 0 Å². The minimum atomic E-state index is 0.431. The SMILES string of the molecule is Cc1ccc(CC(CC2CCCC2)NN)cc1. The summed E-state index contributed by atoms with van der Waals surface area (Å²) in [4.78, 5) is 0. The average Bonchev–Trinajstić information content (AvgIpc) is 2.84. The molecule has 1 aliphatic carbocycles. The number of hydrazine groups is 1. The first kappa shape index (κ1) is 12.6. The summed E-state index contributed by atoms with van der Waals surface area (Å²) in [5.41, 5.74) is 5.70. The number of nitrogens with one attached hydrogen (secondary N) is 1. The summed E-state index contributed by atoms with van der Waals surface area (Å²) in [5, 5.41) is 0. The van der Waals surface area contributed by atoms with E-state index in [0.29, 0.717) is 6.04 Å². The monoisotopic (exact) mass is 232 g/mol. The van der Waals surface area contributed by atoms with Crippen molar-refractivity contribution in [3.8, 4) is 0 Å². The Hall–Kier alpha value is -0.860. The molecular weight excluding hydrogens is 208 g/mol. The van der Waals surface area contributed by atoms with Crippen LogP contribution in [0.2, 0.25) is 0 Å². The Morgan fingerprint density at radius 2 is 1.88 bits per heavy atom. The smallest absolute Gasteiger partial charge is 0.0253 e. The summed E-state index contributed by atoms with van der Waals surface area (Å²) in [6, 6.07) is 9.22. The van der Waals surface area contributed by atoms with Gasteiger partial charge in [-0.05, 0) is 31.2 Å². The molecule has 0 bridgehead atoms. The van der Waals surface area contributed by atoms with Crippen molar-refractivity contribution >= 4 is 0 Å². The Morgan fingerprint density at radius 1 is 1.24 bits per heavy atom. The van der Waals surface area contributed by atoms with Gasteiger partial charge in [0.25, 0.3) is 0 Å². The third-order valence-electron chi connectivity index (χ3n) is 3.93. The summed E-state index contributed by atoms with van der Waals surface area (Å²) in [5.74, 6) is 6.57. The molecule has 0 saturated heterocycles. The quantitative estimate of drug-likeness (QED) is 0.605. The van der Waals surface area contributed by atoms with Crippen molar-refractivity contribution in [3.63, 3.8) is 0 Å². The van der Waals surface area contributed by atoms with Crippen LogP contribution in [0.25, 0.3) is 0 Å². The Bertz CT molecular complexity index is 325. The molecule has 1 aromatic rings. The Morgan fingerprint density at radius 3 is 2.47 bits per heavy atom. The maximum absolute atomic E-state index is 5.68. The van der Waals surface area contributed by atoms with Crippen molar-refractivity contribution in [3.05, 3.63) is 35.4 Å². The third kappa shape index (κ3) is 3.83. The van der Waals surface area contributed by atoms with E-state index in [2.05, 4.69) is 36.6 Å². The zero-order valence-corrected chi connectivity index (χ0v) is 10.8. The predicted molar refractivity (Wildman–Crippen MR) is 72.6 cm³/mol. The minimum absolute atomic E-state index is 0.431. The fraction of sp³-hybridized carbons (Fsp3) is 0.600. The number of hydrogen-bond donors (Lipinski definition) is 2. The topological polar surface area (TPSA) is 38.0 Å². The van der Waals surface area contributed by atoms with Crippen molar-refractivity contribution in [2.24, 2.45) is 11.8 Å². The van der Waals surface area contributed by atoms with Crippen molar-refractivity contribution < 1.29 is 0 Å². The zero-order valence-electron chi connectivity index (χ0n) is 10.8. The summed E-state index contributed by atoms with van der Waals surface area (Å²) >= 11 is 0. The second-order valence-corrected chi connectivity index (χ2v) is 5.44. The van der Waals surface area contributed by atoms with Gasteiger partial charge in [0.15, 0.2) is 0 Å². The molecule has 0 radical (unpaired) electrons. The van der Waals surface area contributed by atoms with Crippen LogP contribution in [0.5, 0.6) is 0 Å². The molecule has 0 aliphatic heterocycles. The van der Waals surface area contributed by atoms with Crippen LogP contribution in [0.15, 0.2) is 24.3 Å². The molecule has 0 heterocycles. The lowest BCUT2D eigenvalue weighted by Crippen LogP contribution is -2.38. The molecular formula is C15H24N2. The van der Waals surface area contributed by atoms with Crippen LogP contribution in [0, 0.1) is 12.8 Å². The number of benzene rings is 1. The standard InChI is InChI=1S/C15H24N2/c1-12-6-8-14(9-7-12)11-15(17-16)10-13-4-2-3-5-13/h6-9,13,15,17H,2-5,10-11,16H2,1H3. The highest BCUT2D eigenvalue weighted by Gasteiger charge is 2.19. The number of hydrogen-bond acceptors (Lipinski definition) is 2. The molecule has 2 rings (SSSR count). The Kier molecular flexibility index (Phi) is 4.57. The number of nitrogens with two attached hydrogens (primary N) is 1. The predicted octanol–water partition coefficient (Wildman–Crippen LogP) is 2.95. The lowest BCUT2D eigenvalue weighted by atomic mass is 9.94. The van der Waals surface area contributed by atoms with Gasteiger partial charge in [-0.15, -0.1) is 0 Å².